The Morgan fingerprint density at radius 3 is 2.52 bits per heavy atom. The van der Waals surface area contributed by atoms with Crippen molar-refractivity contribution in [2.45, 2.75) is 32.7 Å². The Morgan fingerprint density at radius 1 is 1.30 bits per heavy atom. The molecule has 1 aliphatic heterocycles. The van der Waals surface area contributed by atoms with Crippen molar-refractivity contribution >= 4 is 23.5 Å². The van der Waals surface area contributed by atoms with Gasteiger partial charge in [-0.1, -0.05) is 32.0 Å². The van der Waals surface area contributed by atoms with E-state index in [4.69, 9.17) is 0 Å². The molecule has 2 amide bonds. The number of aliphatic carboxylic acids is 1. The van der Waals surface area contributed by atoms with E-state index in [2.05, 4.69) is 5.32 Å². The topological polar surface area (TPSA) is 86.7 Å². The standard InChI is InChI=1S/C17H22N2O4/c1-11(2)8-14(17(22)23)18-16(21)12-9-15(20)19(10-12)13-6-4-3-5-7-13/h3-7,11-12,14H,8-10H2,1-2H3,(H,18,21)(H,22,23). The molecule has 1 aliphatic rings. The van der Waals surface area contributed by atoms with Crippen LogP contribution in [-0.4, -0.2) is 35.5 Å². The van der Waals surface area contributed by atoms with Crippen molar-refractivity contribution in [2.24, 2.45) is 11.8 Å². The van der Waals surface area contributed by atoms with E-state index in [1.807, 2.05) is 44.2 Å². The molecule has 2 N–H and O–H groups in total. The van der Waals surface area contributed by atoms with E-state index >= 15 is 0 Å². The van der Waals surface area contributed by atoms with E-state index in [1.54, 1.807) is 4.90 Å². The first kappa shape index (κ1) is 17.0. The highest BCUT2D eigenvalue weighted by molar-refractivity contribution is 6.00. The van der Waals surface area contributed by atoms with Crippen LogP contribution in [0.4, 0.5) is 5.69 Å². The number of carbonyl (C=O) groups excluding carboxylic acids is 2. The van der Waals surface area contributed by atoms with Crippen molar-refractivity contribution in [3.8, 4) is 0 Å². The number of para-hydroxylation sites is 1. The van der Waals surface area contributed by atoms with Crippen molar-refractivity contribution in [2.75, 3.05) is 11.4 Å². The third-order valence-corrected chi connectivity index (χ3v) is 3.89. The van der Waals surface area contributed by atoms with Crippen LogP contribution in [0, 0.1) is 11.8 Å². The molecule has 0 saturated carbocycles. The second kappa shape index (κ2) is 7.26. The number of carbonyl (C=O) groups is 3. The van der Waals surface area contributed by atoms with Crippen LogP contribution in [-0.2, 0) is 14.4 Å². The van der Waals surface area contributed by atoms with Gasteiger partial charge in [-0.25, -0.2) is 4.79 Å². The maximum atomic E-state index is 12.3. The van der Waals surface area contributed by atoms with Crippen LogP contribution in [0.5, 0.6) is 0 Å². The largest absolute Gasteiger partial charge is 0.480 e. The normalized spacial score (nSPS) is 19.0. The van der Waals surface area contributed by atoms with Crippen molar-refractivity contribution < 1.29 is 19.5 Å². The predicted octanol–water partition coefficient (Wildman–Crippen LogP) is 1.65. The number of nitrogens with zero attached hydrogens (tertiary/aromatic N) is 1. The van der Waals surface area contributed by atoms with Crippen LogP contribution in [0.25, 0.3) is 0 Å². The molecule has 0 bridgehead atoms. The van der Waals surface area contributed by atoms with Crippen LogP contribution in [0.2, 0.25) is 0 Å². The van der Waals surface area contributed by atoms with E-state index in [0.717, 1.165) is 5.69 Å². The van der Waals surface area contributed by atoms with Crippen molar-refractivity contribution in [1.82, 2.24) is 5.32 Å². The lowest BCUT2D eigenvalue weighted by Gasteiger charge is -2.19. The fourth-order valence-corrected chi connectivity index (χ4v) is 2.72. The minimum atomic E-state index is -1.05. The summed E-state index contributed by atoms with van der Waals surface area (Å²) < 4.78 is 0. The first-order valence-corrected chi connectivity index (χ1v) is 7.77. The summed E-state index contributed by atoms with van der Waals surface area (Å²) in [6.45, 7) is 4.08. The molecular weight excluding hydrogens is 296 g/mol. The Bertz CT molecular complexity index is 586. The zero-order chi connectivity index (χ0) is 17.0. The Kier molecular flexibility index (Phi) is 5.36. The summed E-state index contributed by atoms with van der Waals surface area (Å²) in [5, 5.41) is 11.8. The Balaban J connectivity index is 2.01. The maximum Gasteiger partial charge on any atom is 0.326 e. The third-order valence-electron chi connectivity index (χ3n) is 3.89. The van der Waals surface area contributed by atoms with E-state index < -0.39 is 17.9 Å². The molecule has 1 aromatic rings. The van der Waals surface area contributed by atoms with Gasteiger partial charge < -0.3 is 15.3 Å². The molecule has 0 radical (unpaired) electrons. The molecule has 0 aliphatic carbocycles. The van der Waals surface area contributed by atoms with Crippen LogP contribution in [0.3, 0.4) is 0 Å². The number of hydrogen-bond donors (Lipinski definition) is 2. The van der Waals surface area contributed by atoms with Crippen LogP contribution in [0.15, 0.2) is 30.3 Å². The minimum absolute atomic E-state index is 0.106. The summed E-state index contributed by atoms with van der Waals surface area (Å²) in [5.74, 6) is -1.90. The van der Waals surface area contributed by atoms with Crippen molar-refractivity contribution in [1.29, 1.82) is 0 Å². The van der Waals surface area contributed by atoms with Gasteiger partial charge in [-0.2, -0.15) is 0 Å². The Morgan fingerprint density at radius 2 is 1.96 bits per heavy atom. The predicted molar refractivity (Wildman–Crippen MR) is 85.9 cm³/mol. The first-order chi connectivity index (χ1) is 10.9. The maximum absolute atomic E-state index is 12.3. The second-order valence-corrected chi connectivity index (χ2v) is 6.27. The summed E-state index contributed by atoms with van der Waals surface area (Å²) >= 11 is 0. The zero-order valence-corrected chi connectivity index (χ0v) is 13.4. The van der Waals surface area contributed by atoms with Gasteiger partial charge in [0.25, 0.3) is 0 Å². The second-order valence-electron chi connectivity index (χ2n) is 6.27. The van der Waals surface area contributed by atoms with Gasteiger partial charge in [-0.15, -0.1) is 0 Å². The van der Waals surface area contributed by atoms with Crippen molar-refractivity contribution in [3.05, 3.63) is 30.3 Å². The monoisotopic (exact) mass is 318 g/mol. The van der Waals surface area contributed by atoms with E-state index in [0.29, 0.717) is 6.42 Å². The number of nitrogens with one attached hydrogen (secondary N) is 1. The lowest BCUT2D eigenvalue weighted by molar-refractivity contribution is -0.142. The molecule has 0 spiro atoms. The summed E-state index contributed by atoms with van der Waals surface area (Å²) in [7, 11) is 0. The molecule has 23 heavy (non-hydrogen) atoms. The number of carboxylic acid groups (broad SMARTS) is 1. The highest BCUT2D eigenvalue weighted by Crippen LogP contribution is 2.25. The molecule has 0 aromatic heterocycles. The molecule has 1 heterocycles. The number of rotatable bonds is 6. The van der Waals surface area contributed by atoms with Gasteiger partial charge in [0.1, 0.15) is 6.04 Å². The molecular formula is C17H22N2O4. The zero-order valence-electron chi connectivity index (χ0n) is 13.4. The summed E-state index contributed by atoms with van der Waals surface area (Å²) in [5.41, 5.74) is 0.754. The van der Waals surface area contributed by atoms with E-state index in [1.165, 1.54) is 0 Å². The highest BCUT2D eigenvalue weighted by Gasteiger charge is 2.36. The van der Waals surface area contributed by atoms with Gasteiger partial charge in [0.15, 0.2) is 0 Å². The summed E-state index contributed by atoms with van der Waals surface area (Å²) in [6, 6.07) is 8.24. The smallest absolute Gasteiger partial charge is 0.326 e. The average Bonchev–Trinajstić information content (AvgIpc) is 2.89. The molecule has 1 aromatic carbocycles. The fraction of sp³-hybridized carbons (Fsp3) is 0.471. The highest BCUT2D eigenvalue weighted by atomic mass is 16.4. The van der Waals surface area contributed by atoms with Crippen molar-refractivity contribution in [3.63, 3.8) is 0 Å². The van der Waals surface area contributed by atoms with Gasteiger partial charge in [0.2, 0.25) is 11.8 Å². The summed E-state index contributed by atoms with van der Waals surface area (Å²) in [4.78, 5) is 37.2. The average molecular weight is 318 g/mol. The SMILES string of the molecule is CC(C)CC(NC(=O)C1CC(=O)N(c2ccccc2)C1)C(=O)O. The van der Waals surface area contributed by atoms with E-state index in [-0.39, 0.29) is 30.7 Å². The molecule has 2 unspecified atom stereocenters. The minimum Gasteiger partial charge on any atom is -0.480 e. The molecule has 2 atom stereocenters. The number of amides is 2. The Labute approximate surface area is 135 Å². The van der Waals surface area contributed by atoms with Gasteiger partial charge in [-0.05, 0) is 24.5 Å². The van der Waals surface area contributed by atoms with Gasteiger partial charge in [-0.3, -0.25) is 9.59 Å². The third kappa shape index (κ3) is 4.31. The number of carboxylic acids is 1. The Hall–Kier alpha value is -2.37. The van der Waals surface area contributed by atoms with Gasteiger partial charge in [0.05, 0.1) is 5.92 Å². The lowest BCUT2D eigenvalue weighted by atomic mass is 10.0. The van der Waals surface area contributed by atoms with Gasteiger partial charge in [0, 0.05) is 18.7 Å². The molecule has 6 heteroatoms. The molecule has 124 valence electrons. The molecule has 1 fully saturated rings. The first-order valence-electron chi connectivity index (χ1n) is 7.77. The summed E-state index contributed by atoms with van der Waals surface area (Å²) in [6.07, 6.45) is 0.471. The van der Waals surface area contributed by atoms with Gasteiger partial charge >= 0.3 is 5.97 Å². The quantitative estimate of drug-likeness (QED) is 0.835. The van der Waals surface area contributed by atoms with Crippen LogP contribution in [0.1, 0.15) is 26.7 Å². The number of anilines is 1. The lowest BCUT2D eigenvalue weighted by Crippen LogP contribution is -2.44. The molecule has 6 nitrogen and oxygen atoms in total. The van der Waals surface area contributed by atoms with E-state index in [9.17, 15) is 19.5 Å². The molecule has 2 rings (SSSR count). The van der Waals surface area contributed by atoms with Crippen LogP contribution < -0.4 is 10.2 Å². The molecule has 1 saturated heterocycles. The number of hydrogen-bond acceptors (Lipinski definition) is 3. The van der Waals surface area contributed by atoms with Crippen LogP contribution >= 0.6 is 0 Å². The fourth-order valence-electron chi connectivity index (χ4n) is 2.72. The number of benzene rings is 1.